The number of imidazole rings is 1. The number of aromatic nitrogens is 2. The Hall–Kier alpha value is -2.30. The fourth-order valence-corrected chi connectivity index (χ4v) is 6.24. The molecule has 4 aromatic rings. The van der Waals surface area contributed by atoms with Crippen LogP contribution < -0.4 is 0 Å². The Morgan fingerprint density at radius 2 is 1.49 bits per heavy atom. The van der Waals surface area contributed by atoms with E-state index in [0.717, 1.165) is 47.4 Å². The molecule has 2 aliphatic carbocycles. The summed E-state index contributed by atoms with van der Waals surface area (Å²) in [6.45, 7) is 8.48. The maximum Gasteiger partial charge on any atom is 0.0774 e. The molecule has 1 heterocycles. The summed E-state index contributed by atoms with van der Waals surface area (Å²) in [6, 6.07) is 29.7. The van der Waals surface area contributed by atoms with Crippen LogP contribution in [0.5, 0.6) is 0 Å². The minimum Gasteiger partial charge on any atom is -0.392 e. The van der Waals surface area contributed by atoms with E-state index in [1.165, 1.54) is 0 Å². The smallest absolute Gasteiger partial charge is 0.0774 e. The molecule has 3 aromatic carbocycles. The van der Waals surface area contributed by atoms with Crippen LogP contribution in [0.25, 0.3) is 28.1 Å². The molecule has 4 atom stereocenters. The van der Waals surface area contributed by atoms with Gasteiger partial charge in [-0.3, -0.25) is 4.98 Å². The van der Waals surface area contributed by atoms with Gasteiger partial charge < -0.3 is 14.8 Å². The summed E-state index contributed by atoms with van der Waals surface area (Å²) >= 11 is 0. The van der Waals surface area contributed by atoms with E-state index in [4.69, 9.17) is 4.98 Å². The molecule has 4 nitrogen and oxygen atoms in total. The van der Waals surface area contributed by atoms with E-state index in [-0.39, 0.29) is 49.1 Å². The molecule has 37 heavy (non-hydrogen) atoms. The molecule has 1 aromatic heterocycles. The van der Waals surface area contributed by atoms with Crippen LogP contribution in [0.1, 0.15) is 47.0 Å². The van der Waals surface area contributed by atoms with E-state index in [2.05, 4.69) is 56.5 Å². The fraction of sp³-hybridized carbons (Fsp3) is 0.406. The zero-order valence-electron chi connectivity index (χ0n) is 22.1. The molecule has 0 saturated heterocycles. The molecule has 0 amide bonds. The summed E-state index contributed by atoms with van der Waals surface area (Å²) in [5.74, 6) is 1.55. The maximum absolute atomic E-state index is 10.3. The van der Waals surface area contributed by atoms with Gasteiger partial charge in [-0.05, 0) is 60.3 Å². The molecule has 2 aliphatic rings. The van der Waals surface area contributed by atoms with Crippen LogP contribution in [-0.4, -0.2) is 32.0 Å². The van der Waals surface area contributed by atoms with Crippen molar-refractivity contribution in [1.82, 2.24) is 9.55 Å². The van der Waals surface area contributed by atoms with Gasteiger partial charge in [-0.1, -0.05) is 58.0 Å². The van der Waals surface area contributed by atoms with Crippen molar-refractivity contribution in [2.24, 2.45) is 22.7 Å². The Morgan fingerprint density at radius 1 is 0.838 bits per heavy atom. The second kappa shape index (κ2) is 10.8. The Balaban J connectivity index is 0.000000178. The van der Waals surface area contributed by atoms with Gasteiger partial charge in [-0.15, -0.1) is 35.9 Å². The number of para-hydroxylation sites is 3. The van der Waals surface area contributed by atoms with Crippen molar-refractivity contribution in [2.75, 3.05) is 0 Å². The largest absolute Gasteiger partial charge is 0.392 e. The van der Waals surface area contributed by atoms with Gasteiger partial charge in [0.25, 0.3) is 0 Å². The standard InChI is InChI=1S/C19H13N2.C13H24O2.Ir/c1-3-9-15(10-4-1)19-20-17-13-7-8-14-18(17)21(19)16-11-5-2-6-12-16;1-12(2)6-5-8-7-13(3,4)11(15)9(8)10(12)14;/h1-9,11-14H;8-11,14-15H,5-7H2,1-4H3;/q-1;;. The van der Waals surface area contributed by atoms with E-state index in [1.807, 2.05) is 60.7 Å². The number of fused-ring (bicyclic) bond motifs is 2. The van der Waals surface area contributed by atoms with Gasteiger partial charge in [0.1, 0.15) is 0 Å². The van der Waals surface area contributed by atoms with Crippen LogP contribution in [0.3, 0.4) is 0 Å². The van der Waals surface area contributed by atoms with Gasteiger partial charge in [0.2, 0.25) is 0 Å². The molecule has 197 valence electrons. The second-order valence-corrected chi connectivity index (χ2v) is 11.8. The molecule has 2 saturated carbocycles. The summed E-state index contributed by atoms with van der Waals surface area (Å²) in [4.78, 5) is 4.79. The Bertz CT molecular complexity index is 1310. The van der Waals surface area contributed by atoms with Gasteiger partial charge in [0.05, 0.1) is 29.1 Å². The Morgan fingerprint density at radius 3 is 2.19 bits per heavy atom. The number of nitrogens with zero attached hydrogens (tertiary/aromatic N) is 2. The Kier molecular flexibility index (Phi) is 8.11. The monoisotopic (exact) mass is 674 g/mol. The van der Waals surface area contributed by atoms with Crippen molar-refractivity contribution in [1.29, 1.82) is 0 Å². The van der Waals surface area contributed by atoms with E-state index < -0.39 is 0 Å². The third-order valence-corrected chi connectivity index (χ3v) is 8.35. The molecule has 2 fully saturated rings. The average Bonchev–Trinajstić information content (AvgIpc) is 3.38. The van der Waals surface area contributed by atoms with E-state index >= 15 is 0 Å². The van der Waals surface area contributed by atoms with Crippen LogP contribution in [0, 0.1) is 28.7 Å². The van der Waals surface area contributed by atoms with E-state index in [0.29, 0.717) is 5.92 Å². The summed E-state index contributed by atoms with van der Waals surface area (Å²) in [7, 11) is 0. The third kappa shape index (κ3) is 5.33. The van der Waals surface area contributed by atoms with Gasteiger partial charge in [-0.25, -0.2) is 0 Å². The molecule has 0 spiro atoms. The first-order chi connectivity index (χ1) is 17.2. The van der Waals surface area contributed by atoms with Crippen LogP contribution >= 0.6 is 0 Å². The van der Waals surface area contributed by atoms with Crippen molar-refractivity contribution in [2.45, 2.75) is 59.2 Å². The first-order valence-corrected chi connectivity index (χ1v) is 13.1. The SMILES string of the molecule is CC1(C)CCC2CC(C)(C)C(O)C2C1O.[Ir].[c-]1ccccc1-c1nc2ccccc2n1-c1ccccc1. The molecule has 2 N–H and O–H groups in total. The zero-order valence-corrected chi connectivity index (χ0v) is 24.5. The molecule has 6 rings (SSSR count). The normalized spacial score (nSPS) is 25.5. The summed E-state index contributed by atoms with van der Waals surface area (Å²) in [6.07, 6.45) is 2.63. The molecule has 4 unspecified atom stereocenters. The summed E-state index contributed by atoms with van der Waals surface area (Å²) < 4.78 is 2.18. The number of benzene rings is 3. The van der Waals surface area contributed by atoms with Gasteiger partial charge >= 0.3 is 0 Å². The van der Waals surface area contributed by atoms with E-state index in [9.17, 15) is 10.2 Å². The van der Waals surface area contributed by atoms with Crippen LogP contribution in [0.15, 0.2) is 78.9 Å². The van der Waals surface area contributed by atoms with Crippen LogP contribution in [0.4, 0.5) is 0 Å². The van der Waals surface area contributed by atoms with Gasteiger partial charge in [-0.2, -0.15) is 0 Å². The maximum atomic E-state index is 10.3. The van der Waals surface area contributed by atoms with Crippen molar-refractivity contribution in [3.8, 4) is 17.1 Å². The van der Waals surface area contributed by atoms with Crippen LogP contribution in [0.2, 0.25) is 0 Å². The fourth-order valence-electron chi connectivity index (χ4n) is 6.24. The van der Waals surface area contributed by atoms with Crippen LogP contribution in [-0.2, 0) is 20.1 Å². The number of hydrogen-bond acceptors (Lipinski definition) is 3. The molecular formula is C32H37IrN2O2-. The molecular weight excluding hydrogens is 637 g/mol. The number of aliphatic hydroxyl groups is 2. The Labute approximate surface area is 234 Å². The predicted molar refractivity (Wildman–Crippen MR) is 146 cm³/mol. The molecule has 1 radical (unpaired) electrons. The van der Waals surface area contributed by atoms with Gasteiger partial charge in [0, 0.05) is 31.7 Å². The summed E-state index contributed by atoms with van der Waals surface area (Å²) in [5.41, 5.74) is 4.17. The molecule has 5 heteroatoms. The minimum absolute atomic E-state index is 0. The first-order valence-electron chi connectivity index (χ1n) is 13.1. The van der Waals surface area contributed by atoms with Crippen molar-refractivity contribution in [3.05, 3.63) is 84.9 Å². The average molecular weight is 674 g/mol. The molecule has 0 bridgehead atoms. The number of hydrogen-bond donors (Lipinski definition) is 2. The van der Waals surface area contributed by atoms with Crippen molar-refractivity contribution >= 4 is 11.0 Å². The second-order valence-electron chi connectivity index (χ2n) is 11.8. The number of rotatable bonds is 2. The van der Waals surface area contributed by atoms with Gasteiger partial charge in [0.15, 0.2) is 0 Å². The van der Waals surface area contributed by atoms with Crippen molar-refractivity contribution in [3.63, 3.8) is 0 Å². The molecule has 0 aliphatic heterocycles. The van der Waals surface area contributed by atoms with E-state index in [1.54, 1.807) is 0 Å². The predicted octanol–water partition coefficient (Wildman–Crippen LogP) is 6.68. The van der Waals surface area contributed by atoms with Crippen molar-refractivity contribution < 1.29 is 30.3 Å². The third-order valence-electron chi connectivity index (χ3n) is 8.35. The first kappa shape index (κ1) is 27.7. The topological polar surface area (TPSA) is 58.3 Å². The zero-order chi connectivity index (χ0) is 25.5. The minimum atomic E-state index is -0.340. The number of aliphatic hydroxyl groups excluding tert-OH is 2. The quantitative estimate of drug-likeness (QED) is 0.234. The summed E-state index contributed by atoms with van der Waals surface area (Å²) in [5, 5.41) is 20.6.